The van der Waals surface area contributed by atoms with E-state index in [1.54, 1.807) is 0 Å². The number of hydrogen-bond donors (Lipinski definition) is 2. The molecule has 5 rings (SSSR count). The van der Waals surface area contributed by atoms with Gasteiger partial charge in [-0.25, -0.2) is 0 Å². The van der Waals surface area contributed by atoms with Crippen molar-refractivity contribution in [3.63, 3.8) is 0 Å². The summed E-state index contributed by atoms with van der Waals surface area (Å²) in [5, 5.41) is 13.3. The van der Waals surface area contributed by atoms with Crippen LogP contribution in [0, 0.1) is 11.8 Å². The molecule has 0 saturated carbocycles. The van der Waals surface area contributed by atoms with E-state index in [9.17, 15) is 14.7 Å². The molecule has 1 amide bonds. The second kappa shape index (κ2) is 8.96. The highest BCUT2D eigenvalue weighted by Gasteiger charge is 2.55. The van der Waals surface area contributed by atoms with E-state index in [4.69, 9.17) is 0 Å². The van der Waals surface area contributed by atoms with Crippen molar-refractivity contribution in [1.29, 1.82) is 0 Å². The fraction of sp³-hybridized carbons (Fsp3) is 0.333. The van der Waals surface area contributed by atoms with Crippen LogP contribution in [-0.4, -0.2) is 39.7 Å². The van der Waals surface area contributed by atoms with Gasteiger partial charge in [0.2, 0.25) is 5.91 Å². The lowest BCUT2D eigenvalue weighted by molar-refractivity contribution is -0.127. The number of hydrogen-bond acceptors (Lipinski definition) is 4. The Morgan fingerprint density at radius 2 is 1.73 bits per heavy atom. The third kappa shape index (κ3) is 3.69. The predicted molar refractivity (Wildman–Crippen MR) is 127 cm³/mol. The van der Waals surface area contributed by atoms with Gasteiger partial charge in [-0.2, -0.15) is 0 Å². The third-order valence-electron chi connectivity index (χ3n) is 7.12. The van der Waals surface area contributed by atoms with Crippen LogP contribution in [-0.2, 0) is 17.9 Å². The molecule has 2 bridgehead atoms. The highest BCUT2D eigenvalue weighted by Crippen LogP contribution is 2.49. The van der Waals surface area contributed by atoms with Crippen LogP contribution in [0.1, 0.15) is 24.2 Å². The number of carbonyl (C=O) groups is 1. The molecular formula is C27H29N3O3. The molecule has 6 nitrogen and oxygen atoms in total. The molecule has 170 valence electrons. The number of rotatable bonds is 6. The number of nitrogens with one attached hydrogen (secondary N) is 1. The number of aliphatic hydroxyl groups excluding tert-OH is 1. The van der Waals surface area contributed by atoms with E-state index in [1.165, 1.54) is 0 Å². The van der Waals surface area contributed by atoms with Gasteiger partial charge in [0.25, 0.3) is 5.56 Å². The second-order valence-corrected chi connectivity index (χ2v) is 8.89. The van der Waals surface area contributed by atoms with Gasteiger partial charge in [0.1, 0.15) is 0 Å². The van der Waals surface area contributed by atoms with Crippen LogP contribution in [0.25, 0.3) is 11.1 Å². The number of pyridine rings is 1. The highest BCUT2D eigenvalue weighted by atomic mass is 16.3. The van der Waals surface area contributed by atoms with E-state index >= 15 is 0 Å². The van der Waals surface area contributed by atoms with Crippen LogP contribution in [0.2, 0.25) is 0 Å². The predicted octanol–water partition coefficient (Wildman–Crippen LogP) is 2.82. The Morgan fingerprint density at radius 1 is 1.03 bits per heavy atom. The third-order valence-corrected chi connectivity index (χ3v) is 7.12. The average Bonchev–Trinajstić information content (AvgIpc) is 3.05. The first-order chi connectivity index (χ1) is 16.1. The van der Waals surface area contributed by atoms with Crippen molar-refractivity contribution in [2.75, 3.05) is 13.2 Å². The van der Waals surface area contributed by atoms with E-state index in [1.807, 2.05) is 72.2 Å². The molecular weight excluding hydrogens is 414 g/mol. The van der Waals surface area contributed by atoms with Gasteiger partial charge in [0, 0.05) is 49.5 Å². The number of benzene rings is 2. The standard InChI is InChI=1S/C27H29N3O3/c1-2-28-26(32)24-21(17-31)23-16-30-22(25(24)29(23)15-18-9-5-3-6-10-18)14-13-20(27(30)33)19-11-7-4-8-12-19/h3-14,21,23-25,31H,2,15-17H2,1H3,(H,28,32)/t21-,23-,24+,25+/m1/s1. The highest BCUT2D eigenvalue weighted by molar-refractivity contribution is 5.80. The monoisotopic (exact) mass is 443 g/mol. The van der Waals surface area contributed by atoms with Crippen molar-refractivity contribution >= 4 is 5.91 Å². The number of nitrogens with zero attached hydrogens (tertiary/aromatic N) is 2. The average molecular weight is 444 g/mol. The van der Waals surface area contributed by atoms with Crippen molar-refractivity contribution in [2.45, 2.75) is 32.1 Å². The van der Waals surface area contributed by atoms with Crippen LogP contribution in [0.3, 0.4) is 0 Å². The summed E-state index contributed by atoms with van der Waals surface area (Å²) in [6.45, 7) is 3.46. The summed E-state index contributed by atoms with van der Waals surface area (Å²) in [7, 11) is 0. The molecule has 1 saturated heterocycles. The maximum atomic E-state index is 13.6. The van der Waals surface area contributed by atoms with E-state index in [0.29, 0.717) is 25.2 Å². The Bertz CT molecular complexity index is 1190. The zero-order chi connectivity index (χ0) is 22.9. The minimum Gasteiger partial charge on any atom is -0.396 e. The Hall–Kier alpha value is -3.22. The molecule has 6 heteroatoms. The Labute approximate surface area is 193 Å². The molecule has 1 fully saturated rings. The van der Waals surface area contributed by atoms with Gasteiger partial charge in [-0.05, 0) is 30.2 Å². The van der Waals surface area contributed by atoms with Crippen LogP contribution < -0.4 is 10.9 Å². The number of aromatic nitrogens is 1. The molecule has 0 radical (unpaired) electrons. The molecule has 2 aliphatic rings. The smallest absolute Gasteiger partial charge is 0.258 e. The molecule has 3 aromatic rings. The Balaban J connectivity index is 1.63. The molecule has 1 aromatic heterocycles. The Kier molecular flexibility index (Phi) is 5.87. The largest absolute Gasteiger partial charge is 0.396 e. The maximum absolute atomic E-state index is 13.6. The normalized spacial score (nSPS) is 23.8. The lowest BCUT2D eigenvalue weighted by Gasteiger charge is -2.38. The molecule has 33 heavy (non-hydrogen) atoms. The van der Waals surface area contributed by atoms with Crippen molar-refractivity contribution in [3.05, 3.63) is 94.4 Å². The second-order valence-electron chi connectivity index (χ2n) is 8.89. The van der Waals surface area contributed by atoms with Crippen molar-refractivity contribution in [3.8, 4) is 11.1 Å². The zero-order valence-corrected chi connectivity index (χ0v) is 18.7. The van der Waals surface area contributed by atoms with Crippen LogP contribution in [0.15, 0.2) is 77.6 Å². The van der Waals surface area contributed by atoms with Gasteiger partial charge in [-0.3, -0.25) is 14.5 Å². The number of fused-ring (bicyclic) bond motifs is 4. The molecule has 4 atom stereocenters. The van der Waals surface area contributed by atoms with Crippen LogP contribution >= 0.6 is 0 Å². The minimum absolute atomic E-state index is 0.0405. The zero-order valence-electron chi connectivity index (χ0n) is 18.7. The van der Waals surface area contributed by atoms with Gasteiger partial charge in [0.15, 0.2) is 0 Å². The SMILES string of the molecule is CCNC(=O)[C@H]1[C@H](CO)[C@H]2Cn3c(ccc(-c4ccccc4)c3=O)[C@@H]1N2Cc1ccccc1. The molecule has 0 unspecified atom stereocenters. The Morgan fingerprint density at radius 3 is 2.39 bits per heavy atom. The van der Waals surface area contributed by atoms with Gasteiger partial charge in [-0.1, -0.05) is 60.7 Å². The number of aliphatic hydroxyl groups is 1. The molecule has 3 heterocycles. The first-order valence-corrected chi connectivity index (χ1v) is 11.6. The van der Waals surface area contributed by atoms with Crippen molar-refractivity contribution < 1.29 is 9.90 Å². The summed E-state index contributed by atoms with van der Waals surface area (Å²) < 4.78 is 1.83. The first-order valence-electron chi connectivity index (χ1n) is 11.6. The lowest BCUT2D eigenvalue weighted by atomic mass is 9.86. The molecule has 2 N–H and O–H groups in total. The van der Waals surface area contributed by atoms with Crippen molar-refractivity contribution in [1.82, 2.24) is 14.8 Å². The molecule has 2 aromatic carbocycles. The summed E-state index contributed by atoms with van der Waals surface area (Å²) in [4.78, 5) is 29.1. The fourth-order valence-electron chi connectivity index (χ4n) is 5.66. The fourth-order valence-corrected chi connectivity index (χ4v) is 5.66. The van der Waals surface area contributed by atoms with Gasteiger partial charge >= 0.3 is 0 Å². The van der Waals surface area contributed by atoms with Gasteiger partial charge in [0.05, 0.1) is 12.0 Å². The van der Waals surface area contributed by atoms with Gasteiger partial charge in [-0.15, -0.1) is 0 Å². The maximum Gasteiger partial charge on any atom is 0.258 e. The number of carbonyl (C=O) groups excluding carboxylic acids is 1. The molecule has 2 aliphatic heterocycles. The van der Waals surface area contributed by atoms with Gasteiger partial charge < -0.3 is 15.0 Å². The topological polar surface area (TPSA) is 74.6 Å². The first kappa shape index (κ1) is 21.6. The molecule has 0 spiro atoms. The van der Waals surface area contributed by atoms with Crippen LogP contribution in [0.5, 0.6) is 0 Å². The van der Waals surface area contributed by atoms with E-state index in [2.05, 4.69) is 22.3 Å². The summed E-state index contributed by atoms with van der Waals surface area (Å²) in [5.41, 5.74) is 3.50. The van der Waals surface area contributed by atoms with E-state index in [0.717, 1.165) is 16.8 Å². The lowest BCUT2D eigenvalue weighted by Crippen LogP contribution is -2.46. The summed E-state index contributed by atoms with van der Waals surface area (Å²) >= 11 is 0. The summed E-state index contributed by atoms with van der Waals surface area (Å²) in [6.07, 6.45) is 0. The number of amides is 1. The molecule has 0 aliphatic carbocycles. The van der Waals surface area contributed by atoms with E-state index < -0.39 is 5.92 Å². The summed E-state index contributed by atoms with van der Waals surface area (Å²) in [5.74, 6) is -0.723. The van der Waals surface area contributed by atoms with Crippen molar-refractivity contribution in [2.24, 2.45) is 11.8 Å². The summed E-state index contributed by atoms with van der Waals surface area (Å²) in [6, 6.07) is 23.3. The van der Waals surface area contributed by atoms with E-state index in [-0.39, 0.29) is 36.1 Å². The van der Waals surface area contributed by atoms with Crippen LogP contribution in [0.4, 0.5) is 0 Å². The minimum atomic E-state index is -0.417. The quantitative estimate of drug-likeness (QED) is 0.615.